The van der Waals surface area contributed by atoms with Crippen molar-refractivity contribution in [2.75, 3.05) is 0 Å². The summed E-state index contributed by atoms with van der Waals surface area (Å²) in [5.41, 5.74) is 5.95. The van der Waals surface area contributed by atoms with Crippen LogP contribution < -0.4 is 11.1 Å². The number of nitrogens with one attached hydrogen (secondary N) is 1. The van der Waals surface area contributed by atoms with Gasteiger partial charge >= 0.3 is 0 Å². The van der Waals surface area contributed by atoms with Crippen LogP contribution in [0, 0.1) is 5.92 Å². The molecule has 18 heavy (non-hydrogen) atoms. The molecule has 1 rings (SSSR count). The summed E-state index contributed by atoms with van der Waals surface area (Å²) < 4.78 is 0. The van der Waals surface area contributed by atoms with Crippen molar-refractivity contribution in [3.05, 3.63) is 0 Å². The van der Waals surface area contributed by atoms with Gasteiger partial charge in [0.05, 0.1) is 0 Å². The number of rotatable bonds is 7. The maximum absolute atomic E-state index is 12.2. The molecule has 3 nitrogen and oxygen atoms in total. The Labute approximate surface area is 112 Å². The lowest BCUT2D eigenvalue weighted by Gasteiger charge is -2.28. The van der Waals surface area contributed by atoms with Gasteiger partial charge in [-0.2, -0.15) is 0 Å². The second kappa shape index (κ2) is 8.52. The average Bonchev–Trinajstić information content (AvgIpc) is 2.36. The van der Waals surface area contributed by atoms with E-state index in [1.165, 1.54) is 12.8 Å². The number of hydrogen-bond acceptors (Lipinski definition) is 2. The Morgan fingerprint density at radius 2 is 2.06 bits per heavy atom. The van der Waals surface area contributed by atoms with E-state index in [2.05, 4.69) is 19.2 Å². The quantitative estimate of drug-likeness (QED) is 0.734. The summed E-state index contributed by atoms with van der Waals surface area (Å²) in [5.74, 6) is 0.412. The summed E-state index contributed by atoms with van der Waals surface area (Å²) in [6, 6.07) is 0.607. The summed E-state index contributed by atoms with van der Waals surface area (Å²) in [5, 5.41) is 3.25. The minimum atomic E-state index is 0.162. The van der Waals surface area contributed by atoms with Crippen molar-refractivity contribution < 1.29 is 4.79 Å². The van der Waals surface area contributed by atoms with E-state index in [4.69, 9.17) is 5.73 Å². The molecule has 1 aliphatic carbocycles. The first kappa shape index (κ1) is 15.5. The third-order valence-corrected chi connectivity index (χ3v) is 3.98. The Morgan fingerprint density at radius 3 is 2.67 bits per heavy atom. The highest BCUT2D eigenvalue weighted by Crippen LogP contribution is 2.23. The second-order valence-corrected chi connectivity index (χ2v) is 5.76. The highest BCUT2D eigenvalue weighted by Gasteiger charge is 2.26. The zero-order chi connectivity index (χ0) is 13.4. The van der Waals surface area contributed by atoms with Crippen molar-refractivity contribution in [3.8, 4) is 0 Å². The lowest BCUT2D eigenvalue weighted by atomic mass is 9.85. The monoisotopic (exact) mass is 254 g/mol. The molecule has 0 heterocycles. The fourth-order valence-corrected chi connectivity index (χ4v) is 2.87. The molecule has 1 aliphatic rings. The van der Waals surface area contributed by atoms with Crippen LogP contribution in [-0.2, 0) is 4.79 Å². The number of hydrogen-bond donors (Lipinski definition) is 2. The van der Waals surface area contributed by atoms with E-state index in [-0.39, 0.29) is 17.9 Å². The van der Waals surface area contributed by atoms with E-state index in [9.17, 15) is 4.79 Å². The topological polar surface area (TPSA) is 55.1 Å². The van der Waals surface area contributed by atoms with E-state index in [1.54, 1.807) is 0 Å². The van der Waals surface area contributed by atoms with Crippen molar-refractivity contribution in [2.24, 2.45) is 11.7 Å². The Hall–Kier alpha value is -0.570. The number of carbonyl (C=O) groups is 1. The Balaban J connectivity index is 2.38. The smallest absolute Gasteiger partial charge is 0.223 e. The number of nitrogens with two attached hydrogens (primary N) is 1. The van der Waals surface area contributed by atoms with Crippen LogP contribution in [0.5, 0.6) is 0 Å². The molecule has 0 aliphatic heterocycles. The minimum absolute atomic E-state index is 0.162. The van der Waals surface area contributed by atoms with Crippen LogP contribution in [0.2, 0.25) is 0 Å². The summed E-state index contributed by atoms with van der Waals surface area (Å²) >= 11 is 0. The molecule has 0 radical (unpaired) electrons. The van der Waals surface area contributed by atoms with Gasteiger partial charge in [0.15, 0.2) is 0 Å². The van der Waals surface area contributed by atoms with E-state index in [0.717, 1.165) is 44.9 Å². The van der Waals surface area contributed by atoms with Gasteiger partial charge in [0.1, 0.15) is 0 Å². The van der Waals surface area contributed by atoms with E-state index in [1.807, 2.05) is 0 Å². The molecule has 1 saturated carbocycles. The minimum Gasteiger partial charge on any atom is -0.353 e. The third kappa shape index (κ3) is 5.38. The molecular formula is C15H30N2O. The molecule has 106 valence electrons. The van der Waals surface area contributed by atoms with E-state index < -0.39 is 0 Å². The van der Waals surface area contributed by atoms with Gasteiger partial charge in [-0.05, 0) is 32.1 Å². The van der Waals surface area contributed by atoms with Gasteiger partial charge in [-0.1, -0.05) is 39.5 Å². The van der Waals surface area contributed by atoms with Crippen LogP contribution in [0.4, 0.5) is 0 Å². The van der Waals surface area contributed by atoms with Crippen molar-refractivity contribution in [1.29, 1.82) is 0 Å². The molecule has 0 aromatic heterocycles. The predicted octanol–water partition coefficient (Wildman–Crippen LogP) is 2.98. The largest absolute Gasteiger partial charge is 0.353 e. The molecule has 1 fully saturated rings. The van der Waals surface area contributed by atoms with Gasteiger partial charge in [0.25, 0.3) is 0 Å². The Morgan fingerprint density at radius 1 is 1.28 bits per heavy atom. The van der Waals surface area contributed by atoms with Crippen LogP contribution in [0.25, 0.3) is 0 Å². The molecule has 3 atom stereocenters. The Bertz CT molecular complexity index is 243. The molecule has 0 saturated heterocycles. The van der Waals surface area contributed by atoms with Crippen molar-refractivity contribution >= 4 is 5.91 Å². The molecule has 0 bridgehead atoms. The lowest BCUT2D eigenvalue weighted by Crippen LogP contribution is -2.42. The first-order valence-electron chi connectivity index (χ1n) is 7.73. The summed E-state index contributed by atoms with van der Waals surface area (Å²) in [4.78, 5) is 12.2. The van der Waals surface area contributed by atoms with Gasteiger partial charge in [-0.25, -0.2) is 0 Å². The predicted molar refractivity (Wildman–Crippen MR) is 76.3 cm³/mol. The Kier molecular flexibility index (Phi) is 7.33. The molecular weight excluding hydrogens is 224 g/mol. The van der Waals surface area contributed by atoms with E-state index >= 15 is 0 Å². The first-order chi connectivity index (χ1) is 8.67. The highest BCUT2D eigenvalue weighted by atomic mass is 16.1. The number of amides is 1. The first-order valence-corrected chi connectivity index (χ1v) is 7.73. The van der Waals surface area contributed by atoms with Gasteiger partial charge in [0.2, 0.25) is 5.91 Å². The lowest BCUT2D eigenvalue weighted by molar-refractivity contribution is -0.126. The fraction of sp³-hybridized carbons (Fsp3) is 0.933. The maximum atomic E-state index is 12.2. The zero-order valence-electron chi connectivity index (χ0n) is 12.1. The van der Waals surface area contributed by atoms with Crippen molar-refractivity contribution in [3.63, 3.8) is 0 Å². The third-order valence-electron chi connectivity index (χ3n) is 3.98. The second-order valence-electron chi connectivity index (χ2n) is 5.76. The van der Waals surface area contributed by atoms with Crippen LogP contribution in [0.3, 0.4) is 0 Å². The molecule has 0 spiro atoms. The van der Waals surface area contributed by atoms with Crippen LogP contribution >= 0.6 is 0 Å². The number of carbonyl (C=O) groups excluding carboxylic acids is 1. The van der Waals surface area contributed by atoms with Crippen LogP contribution in [0.15, 0.2) is 0 Å². The molecule has 0 aromatic rings. The average molecular weight is 254 g/mol. The molecule has 3 heteroatoms. The molecule has 0 aromatic carbocycles. The normalized spacial score (nSPS) is 25.7. The van der Waals surface area contributed by atoms with Crippen molar-refractivity contribution in [2.45, 2.75) is 83.7 Å². The molecule has 3 unspecified atom stereocenters. The van der Waals surface area contributed by atoms with Gasteiger partial charge in [0, 0.05) is 18.0 Å². The molecule has 3 N–H and O–H groups in total. The summed E-state index contributed by atoms with van der Waals surface area (Å²) in [6.45, 7) is 4.38. The molecule has 1 amide bonds. The maximum Gasteiger partial charge on any atom is 0.223 e. The van der Waals surface area contributed by atoms with Crippen LogP contribution in [-0.4, -0.2) is 18.0 Å². The highest BCUT2D eigenvalue weighted by molar-refractivity contribution is 5.79. The van der Waals surface area contributed by atoms with Gasteiger partial charge in [-0.3, -0.25) is 4.79 Å². The standard InChI is InChI=1S/C15H30N2O/c1-3-5-10-14(7-4-2)17-15(18)12-8-6-9-13(16)11-12/h12-14H,3-11,16H2,1-2H3,(H,17,18). The zero-order valence-corrected chi connectivity index (χ0v) is 12.1. The summed E-state index contributed by atoms with van der Waals surface area (Å²) in [6.07, 6.45) is 9.84. The van der Waals surface area contributed by atoms with Gasteiger partial charge < -0.3 is 11.1 Å². The fourth-order valence-electron chi connectivity index (χ4n) is 2.87. The van der Waals surface area contributed by atoms with Crippen LogP contribution in [0.1, 0.15) is 71.6 Å². The van der Waals surface area contributed by atoms with Crippen molar-refractivity contribution in [1.82, 2.24) is 5.32 Å². The van der Waals surface area contributed by atoms with Gasteiger partial charge in [-0.15, -0.1) is 0 Å². The number of unbranched alkanes of at least 4 members (excludes halogenated alkanes) is 1. The SMILES string of the molecule is CCCCC(CCC)NC(=O)C1CCCC(N)C1. The van der Waals surface area contributed by atoms with E-state index in [0.29, 0.717) is 6.04 Å². The summed E-state index contributed by atoms with van der Waals surface area (Å²) in [7, 11) is 0.